The predicted octanol–water partition coefficient (Wildman–Crippen LogP) is 4.38. The van der Waals surface area contributed by atoms with Gasteiger partial charge in [-0.2, -0.15) is 0 Å². The van der Waals surface area contributed by atoms with E-state index in [1.54, 1.807) is 14.2 Å². The zero-order chi connectivity index (χ0) is 15.3. The lowest BCUT2D eigenvalue weighted by Gasteiger charge is -2.12. The highest BCUT2D eigenvalue weighted by Gasteiger charge is 2.30. The highest BCUT2D eigenvalue weighted by Crippen LogP contribution is 2.49. The summed E-state index contributed by atoms with van der Waals surface area (Å²) < 4.78 is 10.9. The molecular weight excluding hydrogens is 274 g/mol. The van der Waals surface area contributed by atoms with Crippen molar-refractivity contribution < 1.29 is 9.47 Å². The van der Waals surface area contributed by atoms with Crippen molar-refractivity contribution in [2.75, 3.05) is 14.2 Å². The number of methoxy groups -OCH3 is 2. The van der Waals surface area contributed by atoms with E-state index in [0.29, 0.717) is 5.92 Å². The highest BCUT2D eigenvalue weighted by atomic mass is 16.5. The molecule has 1 aliphatic carbocycles. The second-order valence-electron chi connectivity index (χ2n) is 5.62. The van der Waals surface area contributed by atoms with E-state index in [1.807, 2.05) is 12.3 Å². The molecule has 0 N–H and O–H groups in total. The molecule has 1 unspecified atom stereocenters. The molecule has 3 nitrogen and oxygen atoms in total. The normalized spacial score (nSPS) is 15.5. The number of benzene rings is 2. The number of aromatic nitrogens is 1. The molecule has 0 radical (unpaired) electrons. The fourth-order valence-electron chi connectivity index (χ4n) is 3.45. The van der Waals surface area contributed by atoms with Crippen molar-refractivity contribution in [3.63, 3.8) is 0 Å². The van der Waals surface area contributed by atoms with Gasteiger partial charge in [0.1, 0.15) is 0 Å². The molecule has 0 aliphatic heterocycles. The lowest BCUT2D eigenvalue weighted by atomic mass is 9.95. The van der Waals surface area contributed by atoms with Crippen LogP contribution in [0.1, 0.15) is 24.0 Å². The van der Waals surface area contributed by atoms with Gasteiger partial charge in [0.15, 0.2) is 11.5 Å². The number of nitrogens with zero attached hydrogens (tertiary/aromatic N) is 1. The van der Waals surface area contributed by atoms with Crippen molar-refractivity contribution >= 4 is 10.8 Å². The van der Waals surface area contributed by atoms with Gasteiger partial charge in [0, 0.05) is 23.1 Å². The average molecular weight is 291 g/mol. The SMILES string of the molecule is COc1cc2c(cc1OC)C(C)c1c-2ncc2ccccc12. The van der Waals surface area contributed by atoms with Crippen molar-refractivity contribution in [2.45, 2.75) is 12.8 Å². The maximum Gasteiger partial charge on any atom is 0.161 e. The zero-order valence-corrected chi connectivity index (χ0v) is 12.9. The van der Waals surface area contributed by atoms with Crippen molar-refractivity contribution in [3.05, 3.63) is 53.7 Å². The van der Waals surface area contributed by atoms with Gasteiger partial charge in [-0.15, -0.1) is 0 Å². The molecule has 1 heterocycles. The molecular formula is C19H17NO2. The van der Waals surface area contributed by atoms with Crippen LogP contribution in [-0.2, 0) is 0 Å². The van der Waals surface area contributed by atoms with Crippen molar-refractivity contribution in [1.29, 1.82) is 0 Å². The Morgan fingerprint density at radius 3 is 2.50 bits per heavy atom. The summed E-state index contributed by atoms with van der Waals surface area (Å²) in [6.07, 6.45) is 1.95. The van der Waals surface area contributed by atoms with Crippen molar-refractivity contribution in [1.82, 2.24) is 4.98 Å². The third kappa shape index (κ3) is 1.65. The van der Waals surface area contributed by atoms with Gasteiger partial charge in [-0.1, -0.05) is 31.2 Å². The molecule has 0 bridgehead atoms. The van der Waals surface area contributed by atoms with Crippen LogP contribution in [0.5, 0.6) is 11.5 Å². The summed E-state index contributed by atoms with van der Waals surface area (Å²) in [5.41, 5.74) is 4.74. The number of rotatable bonds is 2. The van der Waals surface area contributed by atoms with Crippen LogP contribution in [0.25, 0.3) is 22.0 Å². The number of hydrogen-bond acceptors (Lipinski definition) is 3. The summed E-state index contributed by atoms with van der Waals surface area (Å²) in [6.45, 7) is 2.23. The number of fused-ring (bicyclic) bond motifs is 5. The molecule has 3 heteroatoms. The Bertz CT molecular complexity index is 886. The van der Waals surface area contributed by atoms with Gasteiger partial charge in [-0.3, -0.25) is 4.98 Å². The van der Waals surface area contributed by atoms with E-state index in [9.17, 15) is 0 Å². The minimum Gasteiger partial charge on any atom is -0.493 e. The Labute approximate surface area is 129 Å². The van der Waals surface area contributed by atoms with E-state index >= 15 is 0 Å². The Hall–Kier alpha value is -2.55. The minimum absolute atomic E-state index is 0.295. The van der Waals surface area contributed by atoms with Crippen LogP contribution in [0.15, 0.2) is 42.6 Å². The zero-order valence-electron chi connectivity index (χ0n) is 12.9. The highest BCUT2D eigenvalue weighted by molar-refractivity contribution is 5.94. The predicted molar refractivity (Wildman–Crippen MR) is 87.8 cm³/mol. The van der Waals surface area contributed by atoms with Gasteiger partial charge in [-0.05, 0) is 28.6 Å². The lowest BCUT2D eigenvalue weighted by Crippen LogP contribution is -1.95. The Kier molecular flexibility index (Phi) is 2.83. The second kappa shape index (κ2) is 4.73. The number of pyridine rings is 1. The Morgan fingerprint density at radius 2 is 1.73 bits per heavy atom. The number of ether oxygens (including phenoxy) is 2. The molecule has 1 atom stereocenters. The monoisotopic (exact) mass is 291 g/mol. The fourth-order valence-corrected chi connectivity index (χ4v) is 3.45. The molecule has 1 aromatic heterocycles. The second-order valence-corrected chi connectivity index (χ2v) is 5.62. The summed E-state index contributed by atoms with van der Waals surface area (Å²) in [4.78, 5) is 4.71. The summed E-state index contributed by atoms with van der Waals surface area (Å²) in [7, 11) is 3.34. The maximum atomic E-state index is 5.45. The summed E-state index contributed by atoms with van der Waals surface area (Å²) in [5, 5.41) is 2.45. The van der Waals surface area contributed by atoms with Crippen LogP contribution in [0, 0.1) is 0 Å². The first-order valence-electron chi connectivity index (χ1n) is 7.38. The lowest BCUT2D eigenvalue weighted by molar-refractivity contribution is 0.354. The van der Waals surface area contributed by atoms with Gasteiger partial charge >= 0.3 is 0 Å². The van der Waals surface area contributed by atoms with Crippen LogP contribution >= 0.6 is 0 Å². The summed E-state index contributed by atoms with van der Waals surface area (Å²) in [5.74, 6) is 1.81. The van der Waals surface area contributed by atoms with E-state index in [0.717, 1.165) is 22.8 Å². The quantitative estimate of drug-likeness (QED) is 0.702. The molecule has 4 rings (SSSR count). The topological polar surface area (TPSA) is 31.4 Å². The standard InChI is InChI=1S/C19H17NO2/c1-11-14-8-16(21-2)17(22-3)9-15(14)19-18(11)13-7-5-4-6-12(13)10-20-19/h4-11H,1-3H3. The van der Waals surface area contributed by atoms with Crippen LogP contribution in [0.2, 0.25) is 0 Å². The molecule has 0 saturated heterocycles. The molecule has 22 heavy (non-hydrogen) atoms. The van der Waals surface area contributed by atoms with E-state index in [-0.39, 0.29) is 0 Å². The first-order chi connectivity index (χ1) is 10.7. The molecule has 110 valence electrons. The molecule has 2 aromatic carbocycles. The van der Waals surface area contributed by atoms with Gasteiger partial charge in [0.25, 0.3) is 0 Å². The summed E-state index contributed by atoms with van der Waals surface area (Å²) in [6, 6.07) is 12.5. The Balaban J connectivity index is 2.04. The van der Waals surface area contributed by atoms with E-state index in [1.165, 1.54) is 21.9 Å². The van der Waals surface area contributed by atoms with Crippen molar-refractivity contribution in [3.8, 4) is 22.8 Å². The van der Waals surface area contributed by atoms with Gasteiger partial charge < -0.3 is 9.47 Å². The average Bonchev–Trinajstić information content (AvgIpc) is 2.86. The smallest absolute Gasteiger partial charge is 0.161 e. The largest absolute Gasteiger partial charge is 0.493 e. The minimum atomic E-state index is 0.295. The van der Waals surface area contributed by atoms with Gasteiger partial charge in [0.2, 0.25) is 0 Å². The van der Waals surface area contributed by atoms with Gasteiger partial charge in [0.05, 0.1) is 19.9 Å². The molecule has 0 spiro atoms. The van der Waals surface area contributed by atoms with Crippen LogP contribution in [0.4, 0.5) is 0 Å². The Morgan fingerprint density at radius 1 is 1.00 bits per heavy atom. The molecule has 0 amide bonds. The third-order valence-electron chi connectivity index (χ3n) is 4.55. The van der Waals surface area contributed by atoms with E-state index in [2.05, 4.69) is 37.3 Å². The van der Waals surface area contributed by atoms with Crippen LogP contribution < -0.4 is 9.47 Å². The first-order valence-corrected chi connectivity index (χ1v) is 7.38. The molecule has 3 aromatic rings. The van der Waals surface area contributed by atoms with E-state index in [4.69, 9.17) is 14.5 Å². The summed E-state index contributed by atoms with van der Waals surface area (Å²) >= 11 is 0. The van der Waals surface area contributed by atoms with Gasteiger partial charge in [-0.25, -0.2) is 0 Å². The first kappa shape index (κ1) is 13.1. The van der Waals surface area contributed by atoms with E-state index < -0.39 is 0 Å². The molecule has 0 fully saturated rings. The van der Waals surface area contributed by atoms with Crippen LogP contribution in [0.3, 0.4) is 0 Å². The fraction of sp³-hybridized carbons (Fsp3) is 0.211. The number of hydrogen-bond donors (Lipinski definition) is 0. The van der Waals surface area contributed by atoms with Crippen LogP contribution in [-0.4, -0.2) is 19.2 Å². The molecule has 1 aliphatic rings. The van der Waals surface area contributed by atoms with Crippen molar-refractivity contribution in [2.24, 2.45) is 0 Å². The maximum absolute atomic E-state index is 5.45. The third-order valence-corrected chi connectivity index (χ3v) is 4.55. The molecule has 0 saturated carbocycles.